The molecule has 0 aliphatic carbocycles. The van der Waals surface area contributed by atoms with E-state index < -0.39 is 0 Å². The van der Waals surface area contributed by atoms with Crippen LogP contribution >= 0.6 is 0 Å². The maximum atomic E-state index is 11.9. The molecule has 0 unspecified atom stereocenters. The van der Waals surface area contributed by atoms with E-state index in [9.17, 15) is 4.79 Å². The fraction of sp³-hybridized carbons (Fsp3) is 0.333. The molecule has 100 valence electrons. The summed E-state index contributed by atoms with van der Waals surface area (Å²) in [5.74, 6) is 0.363. The number of carbonyl (C=O) groups is 1. The quantitative estimate of drug-likeness (QED) is 0.846. The Morgan fingerprint density at radius 3 is 2.79 bits per heavy atom. The highest BCUT2D eigenvalue weighted by Crippen LogP contribution is 2.07. The van der Waals surface area contributed by atoms with Crippen LogP contribution in [0.5, 0.6) is 0 Å². The minimum Gasteiger partial charge on any atom is -0.369 e. The van der Waals surface area contributed by atoms with E-state index in [2.05, 4.69) is 32.9 Å². The van der Waals surface area contributed by atoms with E-state index in [4.69, 9.17) is 0 Å². The first kappa shape index (κ1) is 13.0. The van der Waals surface area contributed by atoms with Crippen LogP contribution in [0, 0.1) is 0 Å². The van der Waals surface area contributed by atoms with Gasteiger partial charge >= 0.3 is 0 Å². The number of anilines is 2. The highest BCUT2D eigenvalue weighted by Gasteiger charge is 2.09. The number of hydrogen-bond acceptors (Lipinski definition) is 5. The molecule has 7 heteroatoms. The highest BCUT2D eigenvalue weighted by molar-refractivity contribution is 6.02. The molecule has 2 heterocycles. The van der Waals surface area contributed by atoms with Crippen LogP contribution in [0.25, 0.3) is 0 Å². The molecule has 0 aromatic carbocycles. The van der Waals surface area contributed by atoms with Crippen LogP contribution in [0.1, 0.15) is 23.8 Å². The number of amides is 1. The molecule has 2 aromatic heterocycles. The number of carbonyl (C=O) groups excluding carboxylic acids is 1. The van der Waals surface area contributed by atoms with E-state index in [0.29, 0.717) is 11.5 Å². The van der Waals surface area contributed by atoms with Gasteiger partial charge in [-0.1, -0.05) is 6.92 Å². The topological polar surface area (TPSA) is 84.7 Å². The normalized spacial score (nSPS) is 10.2. The summed E-state index contributed by atoms with van der Waals surface area (Å²) in [7, 11) is 1.78. The Labute approximate surface area is 111 Å². The van der Waals surface area contributed by atoms with Crippen molar-refractivity contribution >= 4 is 17.4 Å². The lowest BCUT2D eigenvalue weighted by Gasteiger charge is -2.04. The van der Waals surface area contributed by atoms with Gasteiger partial charge in [-0.05, 0) is 18.6 Å². The number of aryl methyl sites for hydroxylation is 1. The van der Waals surface area contributed by atoms with Crippen molar-refractivity contribution in [2.24, 2.45) is 7.05 Å². The lowest BCUT2D eigenvalue weighted by atomic mass is 10.3. The Morgan fingerprint density at radius 1 is 1.37 bits per heavy atom. The van der Waals surface area contributed by atoms with Gasteiger partial charge in [0.2, 0.25) is 0 Å². The molecule has 0 saturated carbocycles. The zero-order valence-electron chi connectivity index (χ0n) is 10.9. The smallest absolute Gasteiger partial charge is 0.276 e. The van der Waals surface area contributed by atoms with Gasteiger partial charge in [0, 0.05) is 19.8 Å². The summed E-state index contributed by atoms with van der Waals surface area (Å²) in [6, 6.07) is 3.37. The highest BCUT2D eigenvalue weighted by atomic mass is 16.1. The van der Waals surface area contributed by atoms with E-state index in [0.717, 1.165) is 13.0 Å². The molecule has 0 radical (unpaired) electrons. The van der Waals surface area contributed by atoms with Crippen molar-refractivity contribution in [1.29, 1.82) is 0 Å². The van der Waals surface area contributed by atoms with Gasteiger partial charge in [-0.3, -0.25) is 9.48 Å². The van der Waals surface area contributed by atoms with Crippen molar-refractivity contribution < 1.29 is 4.79 Å². The molecule has 0 atom stereocenters. The molecular formula is C12H16N6O. The van der Waals surface area contributed by atoms with Crippen molar-refractivity contribution in [1.82, 2.24) is 20.0 Å². The van der Waals surface area contributed by atoms with E-state index in [1.807, 2.05) is 0 Å². The summed E-state index contributed by atoms with van der Waals surface area (Å²) < 4.78 is 1.61. The van der Waals surface area contributed by atoms with Crippen LogP contribution in [-0.2, 0) is 7.05 Å². The lowest BCUT2D eigenvalue weighted by molar-refractivity contribution is 0.102. The minimum absolute atomic E-state index is 0.269. The van der Waals surface area contributed by atoms with E-state index in [1.54, 1.807) is 36.3 Å². The molecule has 2 aromatic rings. The second-order valence-electron chi connectivity index (χ2n) is 4.09. The number of hydrogen-bond donors (Lipinski definition) is 2. The van der Waals surface area contributed by atoms with Crippen LogP contribution in [0.3, 0.4) is 0 Å². The summed E-state index contributed by atoms with van der Waals surface area (Å²) in [5, 5.41) is 17.6. The molecule has 0 saturated heterocycles. The fourth-order valence-corrected chi connectivity index (χ4v) is 1.48. The largest absolute Gasteiger partial charge is 0.369 e. The van der Waals surface area contributed by atoms with E-state index in [-0.39, 0.29) is 11.6 Å². The molecule has 0 fully saturated rings. The Morgan fingerprint density at radius 2 is 2.21 bits per heavy atom. The number of nitrogens with one attached hydrogen (secondary N) is 2. The SMILES string of the molecule is CCCNc1ccc(C(=O)Nc2cnn(C)c2)nn1. The summed E-state index contributed by atoms with van der Waals surface area (Å²) in [4.78, 5) is 11.9. The molecular weight excluding hydrogens is 244 g/mol. The first-order valence-electron chi connectivity index (χ1n) is 6.06. The molecule has 1 amide bonds. The molecule has 0 spiro atoms. The zero-order valence-corrected chi connectivity index (χ0v) is 10.9. The summed E-state index contributed by atoms with van der Waals surface area (Å²) in [6.07, 6.45) is 4.29. The molecule has 2 rings (SSSR count). The van der Waals surface area contributed by atoms with Gasteiger partial charge in [-0.15, -0.1) is 10.2 Å². The standard InChI is InChI=1S/C12H16N6O/c1-3-6-13-11-5-4-10(16-17-11)12(19)15-9-7-14-18(2)8-9/h4-5,7-8H,3,6H2,1-2H3,(H,13,17)(H,15,19). The van der Waals surface area contributed by atoms with Crippen molar-refractivity contribution in [2.75, 3.05) is 17.2 Å². The third kappa shape index (κ3) is 3.51. The van der Waals surface area contributed by atoms with Crippen LogP contribution in [-0.4, -0.2) is 32.4 Å². The fourth-order valence-electron chi connectivity index (χ4n) is 1.48. The van der Waals surface area contributed by atoms with Gasteiger partial charge in [-0.2, -0.15) is 5.10 Å². The second kappa shape index (κ2) is 5.94. The summed E-state index contributed by atoms with van der Waals surface area (Å²) >= 11 is 0. The first-order valence-corrected chi connectivity index (χ1v) is 6.06. The van der Waals surface area contributed by atoms with Gasteiger partial charge in [0.15, 0.2) is 5.69 Å². The average Bonchev–Trinajstić information content (AvgIpc) is 2.82. The third-order valence-corrected chi connectivity index (χ3v) is 2.42. The summed E-state index contributed by atoms with van der Waals surface area (Å²) in [6.45, 7) is 2.89. The van der Waals surface area contributed by atoms with Crippen molar-refractivity contribution in [3.8, 4) is 0 Å². The zero-order chi connectivity index (χ0) is 13.7. The van der Waals surface area contributed by atoms with Crippen molar-refractivity contribution in [3.05, 3.63) is 30.2 Å². The third-order valence-electron chi connectivity index (χ3n) is 2.42. The number of nitrogens with zero attached hydrogens (tertiary/aromatic N) is 4. The van der Waals surface area contributed by atoms with Gasteiger partial charge in [0.1, 0.15) is 5.82 Å². The Bertz CT molecular complexity index is 548. The molecule has 7 nitrogen and oxygen atoms in total. The number of rotatable bonds is 5. The second-order valence-corrected chi connectivity index (χ2v) is 4.09. The maximum absolute atomic E-state index is 11.9. The van der Waals surface area contributed by atoms with Gasteiger partial charge < -0.3 is 10.6 Å². The molecule has 19 heavy (non-hydrogen) atoms. The Hall–Kier alpha value is -2.44. The van der Waals surface area contributed by atoms with Crippen molar-refractivity contribution in [3.63, 3.8) is 0 Å². The predicted molar refractivity (Wildman–Crippen MR) is 72.0 cm³/mol. The van der Waals surface area contributed by atoms with Crippen LogP contribution in [0.2, 0.25) is 0 Å². The van der Waals surface area contributed by atoms with Crippen molar-refractivity contribution in [2.45, 2.75) is 13.3 Å². The van der Waals surface area contributed by atoms with Gasteiger partial charge in [0.05, 0.1) is 11.9 Å². The maximum Gasteiger partial charge on any atom is 0.276 e. The predicted octanol–water partition coefficient (Wildman–Crippen LogP) is 1.28. The first-order chi connectivity index (χ1) is 9.19. The molecule has 0 aliphatic heterocycles. The molecule has 0 bridgehead atoms. The van der Waals surface area contributed by atoms with Gasteiger partial charge in [-0.25, -0.2) is 0 Å². The monoisotopic (exact) mass is 260 g/mol. The average molecular weight is 260 g/mol. The van der Waals surface area contributed by atoms with E-state index >= 15 is 0 Å². The lowest BCUT2D eigenvalue weighted by Crippen LogP contribution is -2.14. The van der Waals surface area contributed by atoms with Gasteiger partial charge in [0.25, 0.3) is 5.91 Å². The van der Waals surface area contributed by atoms with Crippen LogP contribution in [0.15, 0.2) is 24.5 Å². The number of aromatic nitrogens is 4. The van der Waals surface area contributed by atoms with Crippen LogP contribution in [0.4, 0.5) is 11.5 Å². The van der Waals surface area contributed by atoms with E-state index in [1.165, 1.54) is 0 Å². The minimum atomic E-state index is -0.303. The Kier molecular flexibility index (Phi) is 4.07. The molecule has 2 N–H and O–H groups in total. The van der Waals surface area contributed by atoms with Crippen LogP contribution < -0.4 is 10.6 Å². The summed E-state index contributed by atoms with van der Waals surface area (Å²) in [5.41, 5.74) is 0.897. The Balaban J connectivity index is 1.99. The molecule has 0 aliphatic rings.